The largest absolute Gasteiger partial charge is 0.473 e. The van der Waals surface area contributed by atoms with E-state index in [9.17, 15) is 4.79 Å². The Morgan fingerprint density at radius 1 is 0.966 bits per heavy atom. The lowest BCUT2D eigenvalue weighted by molar-refractivity contribution is -0.130. The molecule has 1 aliphatic rings. The average molecular weight is 397 g/mol. The first-order valence-corrected chi connectivity index (χ1v) is 9.01. The Hall–Kier alpha value is -3.17. The molecule has 0 spiro atoms. The van der Waals surface area contributed by atoms with Gasteiger partial charge >= 0.3 is 0 Å². The summed E-state index contributed by atoms with van der Waals surface area (Å²) in [6.45, 7) is 0.631. The van der Waals surface area contributed by atoms with Crippen molar-refractivity contribution in [2.24, 2.45) is 5.73 Å². The number of hydroxylamine groups is 2. The van der Waals surface area contributed by atoms with E-state index in [1.54, 1.807) is 54.6 Å². The SMILES string of the molecule is NC(=O)C1(Oc2ccc(CNO)cc2)C=CC=C(Oc2ccc(CNO)cc2)C1. The summed E-state index contributed by atoms with van der Waals surface area (Å²) in [4.78, 5) is 12.3. The number of nitrogens with one attached hydrogen (secondary N) is 2. The number of nitrogens with two attached hydrogens (primary N) is 1. The van der Waals surface area contributed by atoms with E-state index in [1.165, 1.54) is 0 Å². The molecule has 0 bridgehead atoms. The Kier molecular flexibility index (Phi) is 6.63. The molecule has 2 aromatic rings. The summed E-state index contributed by atoms with van der Waals surface area (Å²) < 4.78 is 11.8. The molecule has 8 heteroatoms. The number of ether oxygens (including phenoxy) is 2. The number of benzene rings is 2. The van der Waals surface area contributed by atoms with Crippen molar-refractivity contribution in [1.29, 1.82) is 0 Å². The minimum atomic E-state index is -1.37. The van der Waals surface area contributed by atoms with E-state index in [1.807, 2.05) is 12.1 Å². The summed E-state index contributed by atoms with van der Waals surface area (Å²) >= 11 is 0. The summed E-state index contributed by atoms with van der Waals surface area (Å²) in [5, 5.41) is 17.5. The molecule has 29 heavy (non-hydrogen) atoms. The van der Waals surface area contributed by atoms with Gasteiger partial charge in [-0.15, -0.1) is 0 Å². The van der Waals surface area contributed by atoms with E-state index in [4.69, 9.17) is 25.6 Å². The van der Waals surface area contributed by atoms with Crippen molar-refractivity contribution in [3.05, 3.63) is 83.6 Å². The van der Waals surface area contributed by atoms with E-state index in [0.717, 1.165) is 11.1 Å². The minimum Gasteiger partial charge on any atom is -0.473 e. The first-order valence-electron chi connectivity index (χ1n) is 9.01. The normalized spacial score (nSPS) is 18.2. The molecule has 3 rings (SSSR count). The molecule has 2 aromatic carbocycles. The zero-order valence-electron chi connectivity index (χ0n) is 15.7. The molecule has 0 heterocycles. The van der Waals surface area contributed by atoms with Gasteiger partial charge in [0.1, 0.15) is 17.3 Å². The molecule has 1 amide bonds. The van der Waals surface area contributed by atoms with Crippen LogP contribution in [-0.2, 0) is 17.9 Å². The van der Waals surface area contributed by atoms with E-state index in [-0.39, 0.29) is 6.42 Å². The molecule has 152 valence electrons. The summed E-state index contributed by atoms with van der Waals surface area (Å²) in [7, 11) is 0. The fraction of sp³-hybridized carbons (Fsp3) is 0.190. The predicted octanol–water partition coefficient (Wildman–Crippen LogP) is 2.17. The molecule has 8 nitrogen and oxygen atoms in total. The van der Waals surface area contributed by atoms with Crippen LogP contribution in [0.3, 0.4) is 0 Å². The number of primary amides is 1. The van der Waals surface area contributed by atoms with Crippen LogP contribution in [0.2, 0.25) is 0 Å². The highest BCUT2D eigenvalue weighted by molar-refractivity contribution is 5.87. The van der Waals surface area contributed by atoms with E-state index in [0.29, 0.717) is 30.3 Å². The third kappa shape index (κ3) is 5.21. The van der Waals surface area contributed by atoms with Crippen molar-refractivity contribution in [3.63, 3.8) is 0 Å². The maximum absolute atomic E-state index is 12.3. The van der Waals surface area contributed by atoms with Crippen LogP contribution in [-0.4, -0.2) is 21.9 Å². The van der Waals surface area contributed by atoms with Crippen LogP contribution in [0.4, 0.5) is 0 Å². The van der Waals surface area contributed by atoms with Gasteiger partial charge in [0.15, 0.2) is 0 Å². The summed E-state index contributed by atoms with van der Waals surface area (Å²) in [5.41, 5.74) is 10.2. The first kappa shape index (κ1) is 20.6. The van der Waals surface area contributed by atoms with Crippen LogP contribution in [0, 0.1) is 0 Å². The van der Waals surface area contributed by atoms with Crippen molar-refractivity contribution in [2.75, 3.05) is 0 Å². The standard InChI is InChI=1S/C21H23N3O5/c22-20(25)21(29-18-9-5-16(6-10-18)14-24-27)11-1-2-19(12-21)28-17-7-3-15(4-8-17)13-23-26/h1-11,23-24,26-27H,12-14H2,(H2,22,25). The Morgan fingerprint density at radius 2 is 1.52 bits per heavy atom. The van der Waals surface area contributed by atoms with Gasteiger partial charge in [-0.1, -0.05) is 30.3 Å². The second kappa shape index (κ2) is 9.35. The highest BCUT2D eigenvalue weighted by Gasteiger charge is 2.39. The van der Waals surface area contributed by atoms with Crippen molar-refractivity contribution in [1.82, 2.24) is 11.0 Å². The highest BCUT2D eigenvalue weighted by atomic mass is 16.5. The zero-order chi connectivity index (χ0) is 20.7. The van der Waals surface area contributed by atoms with E-state index >= 15 is 0 Å². The molecule has 1 unspecified atom stereocenters. The zero-order valence-corrected chi connectivity index (χ0v) is 15.7. The van der Waals surface area contributed by atoms with Gasteiger partial charge in [-0.2, -0.15) is 0 Å². The second-order valence-electron chi connectivity index (χ2n) is 6.58. The van der Waals surface area contributed by atoms with Crippen molar-refractivity contribution < 1.29 is 24.7 Å². The van der Waals surface area contributed by atoms with Crippen LogP contribution in [0.5, 0.6) is 11.5 Å². The van der Waals surface area contributed by atoms with Gasteiger partial charge in [0.05, 0.1) is 6.42 Å². The number of hydrogen-bond acceptors (Lipinski definition) is 7. The summed E-state index contributed by atoms with van der Waals surface area (Å²) in [6.07, 6.45) is 5.18. The Bertz CT molecular complexity index is 894. The first-order chi connectivity index (χ1) is 14.0. The molecule has 1 aliphatic carbocycles. The van der Waals surface area contributed by atoms with Gasteiger partial charge in [-0.25, -0.2) is 11.0 Å². The maximum Gasteiger partial charge on any atom is 0.266 e. The van der Waals surface area contributed by atoms with Crippen molar-refractivity contribution in [3.8, 4) is 11.5 Å². The lowest BCUT2D eigenvalue weighted by Crippen LogP contribution is -2.48. The van der Waals surface area contributed by atoms with Crippen LogP contribution in [0.25, 0.3) is 0 Å². The molecule has 0 saturated carbocycles. The number of rotatable bonds is 9. The molecular formula is C21H23N3O5. The van der Waals surface area contributed by atoms with Gasteiger partial charge in [0.25, 0.3) is 5.91 Å². The fourth-order valence-corrected chi connectivity index (χ4v) is 2.94. The summed E-state index contributed by atoms with van der Waals surface area (Å²) in [5.74, 6) is 0.957. The number of carbonyl (C=O) groups excluding carboxylic acids is 1. The molecule has 0 aromatic heterocycles. The molecular weight excluding hydrogens is 374 g/mol. The third-order valence-corrected chi connectivity index (χ3v) is 4.46. The number of carbonyl (C=O) groups is 1. The molecule has 0 fully saturated rings. The monoisotopic (exact) mass is 397 g/mol. The van der Waals surface area contributed by atoms with Crippen LogP contribution >= 0.6 is 0 Å². The smallest absolute Gasteiger partial charge is 0.266 e. The topological polar surface area (TPSA) is 126 Å². The van der Waals surface area contributed by atoms with Crippen LogP contribution in [0.1, 0.15) is 17.5 Å². The summed E-state index contributed by atoms with van der Waals surface area (Å²) in [6, 6.07) is 14.1. The Labute approximate surface area is 168 Å². The predicted molar refractivity (Wildman–Crippen MR) is 105 cm³/mol. The second-order valence-corrected chi connectivity index (χ2v) is 6.58. The highest BCUT2D eigenvalue weighted by Crippen LogP contribution is 2.31. The van der Waals surface area contributed by atoms with Crippen LogP contribution in [0.15, 0.2) is 72.5 Å². The minimum absolute atomic E-state index is 0.138. The molecule has 6 N–H and O–H groups in total. The maximum atomic E-state index is 12.3. The average Bonchev–Trinajstić information content (AvgIpc) is 2.72. The molecule has 1 atom stereocenters. The van der Waals surface area contributed by atoms with Gasteiger partial charge in [0, 0.05) is 13.1 Å². The van der Waals surface area contributed by atoms with Gasteiger partial charge in [-0.3, -0.25) is 4.79 Å². The molecule has 0 saturated heterocycles. The van der Waals surface area contributed by atoms with E-state index < -0.39 is 11.5 Å². The van der Waals surface area contributed by atoms with Crippen molar-refractivity contribution >= 4 is 5.91 Å². The Morgan fingerprint density at radius 3 is 2.03 bits per heavy atom. The third-order valence-electron chi connectivity index (χ3n) is 4.46. The van der Waals surface area contributed by atoms with Gasteiger partial charge < -0.3 is 25.6 Å². The quantitative estimate of drug-likeness (QED) is 0.411. The molecule has 0 aliphatic heterocycles. The number of amides is 1. The Balaban J connectivity index is 1.72. The molecule has 0 radical (unpaired) electrons. The van der Waals surface area contributed by atoms with E-state index in [2.05, 4.69) is 11.0 Å². The van der Waals surface area contributed by atoms with Crippen LogP contribution < -0.4 is 26.2 Å². The number of hydrogen-bond donors (Lipinski definition) is 5. The van der Waals surface area contributed by atoms with Gasteiger partial charge in [-0.05, 0) is 47.5 Å². The lowest BCUT2D eigenvalue weighted by Gasteiger charge is -2.31. The van der Waals surface area contributed by atoms with Crippen molar-refractivity contribution in [2.45, 2.75) is 25.1 Å². The number of allylic oxidation sites excluding steroid dienone is 2. The fourth-order valence-electron chi connectivity index (χ4n) is 2.94. The lowest BCUT2D eigenvalue weighted by atomic mass is 9.92. The van der Waals surface area contributed by atoms with Gasteiger partial charge in [0.2, 0.25) is 5.60 Å².